The zero-order valence-corrected chi connectivity index (χ0v) is 8.47. The summed E-state index contributed by atoms with van der Waals surface area (Å²) < 4.78 is 38.1. The van der Waals surface area contributed by atoms with Crippen LogP contribution in [-0.2, 0) is 9.53 Å². The predicted octanol–water partition coefficient (Wildman–Crippen LogP) is 1.22. The molecule has 0 aromatic rings. The number of rotatable bonds is 6. The molecule has 7 heteroatoms. The number of carboxylic acid groups (broad SMARTS) is 1. The topological polar surface area (TPSA) is 58.6 Å². The molecule has 0 amide bonds. The zero-order valence-electron chi connectivity index (χ0n) is 8.47. The molecule has 1 atom stereocenters. The fraction of sp³-hybridized carbons (Fsp3) is 0.875. The van der Waals surface area contributed by atoms with Crippen LogP contribution < -0.4 is 5.32 Å². The number of ether oxygens (including phenoxy) is 1. The van der Waals surface area contributed by atoms with E-state index in [2.05, 4.69) is 10.1 Å². The van der Waals surface area contributed by atoms with Crippen molar-refractivity contribution >= 4 is 5.97 Å². The fourth-order valence-corrected chi connectivity index (χ4v) is 0.989. The van der Waals surface area contributed by atoms with Crippen molar-refractivity contribution in [1.29, 1.82) is 0 Å². The lowest BCUT2D eigenvalue weighted by molar-refractivity contribution is -0.323. The molecule has 0 radical (unpaired) electrons. The molecule has 2 N–H and O–H groups in total. The second-order valence-electron chi connectivity index (χ2n) is 3.31. The molecule has 0 aliphatic heterocycles. The van der Waals surface area contributed by atoms with E-state index in [0.29, 0.717) is 0 Å². The lowest BCUT2D eigenvalue weighted by Crippen LogP contribution is -2.42. The van der Waals surface area contributed by atoms with E-state index >= 15 is 0 Å². The van der Waals surface area contributed by atoms with Crippen LogP contribution in [-0.4, -0.2) is 36.6 Å². The van der Waals surface area contributed by atoms with E-state index < -0.39 is 25.0 Å². The number of nitrogens with one attached hydrogen (secondary N) is 1. The van der Waals surface area contributed by atoms with Gasteiger partial charge in [0.15, 0.2) is 0 Å². The van der Waals surface area contributed by atoms with Gasteiger partial charge < -0.3 is 10.4 Å². The number of hydrogen-bond acceptors (Lipinski definition) is 3. The number of hydrogen-bond donors (Lipinski definition) is 2. The molecule has 90 valence electrons. The Morgan fingerprint density at radius 3 is 2.33 bits per heavy atom. The smallest absolute Gasteiger partial charge is 0.480 e. The van der Waals surface area contributed by atoms with Crippen LogP contribution >= 0.6 is 0 Å². The number of carboxylic acids is 1. The maximum Gasteiger partial charge on any atom is 0.522 e. The van der Waals surface area contributed by atoms with Crippen molar-refractivity contribution in [2.24, 2.45) is 5.92 Å². The van der Waals surface area contributed by atoms with Gasteiger partial charge in [0.05, 0.1) is 6.61 Å². The van der Waals surface area contributed by atoms with E-state index in [-0.39, 0.29) is 12.5 Å². The van der Waals surface area contributed by atoms with Crippen LogP contribution in [0.1, 0.15) is 13.8 Å². The summed E-state index contributed by atoms with van der Waals surface area (Å²) in [7, 11) is 0. The number of carbonyl (C=O) groups is 1. The minimum atomic E-state index is -4.67. The van der Waals surface area contributed by atoms with Crippen molar-refractivity contribution in [2.75, 3.05) is 13.2 Å². The third-order valence-corrected chi connectivity index (χ3v) is 1.66. The Bertz CT molecular complexity index is 206. The summed E-state index contributed by atoms with van der Waals surface area (Å²) in [6.45, 7) is 2.57. The summed E-state index contributed by atoms with van der Waals surface area (Å²) in [5.74, 6) is -1.29. The van der Waals surface area contributed by atoms with E-state index in [1.165, 1.54) is 0 Å². The SMILES string of the molecule is CC(C)C(NCCOC(F)(F)F)C(=O)O. The standard InChI is InChI=1S/C8H14F3NO3/c1-5(2)6(7(13)14)12-3-4-15-8(9,10)11/h5-6,12H,3-4H2,1-2H3,(H,13,14). The van der Waals surface area contributed by atoms with Gasteiger partial charge in [-0.15, -0.1) is 13.2 Å². The molecule has 0 aromatic heterocycles. The monoisotopic (exact) mass is 229 g/mol. The first-order chi connectivity index (χ1) is 6.74. The van der Waals surface area contributed by atoms with E-state index in [9.17, 15) is 18.0 Å². The number of aliphatic carboxylic acids is 1. The minimum absolute atomic E-state index is 0.158. The van der Waals surface area contributed by atoms with Gasteiger partial charge in [-0.3, -0.25) is 9.53 Å². The minimum Gasteiger partial charge on any atom is -0.480 e. The van der Waals surface area contributed by atoms with Crippen LogP contribution in [0.5, 0.6) is 0 Å². The van der Waals surface area contributed by atoms with Crippen LogP contribution in [0.2, 0.25) is 0 Å². The zero-order chi connectivity index (χ0) is 12.1. The van der Waals surface area contributed by atoms with Crippen molar-refractivity contribution in [3.63, 3.8) is 0 Å². The number of alkyl halides is 3. The summed E-state index contributed by atoms with van der Waals surface area (Å²) >= 11 is 0. The van der Waals surface area contributed by atoms with Crippen LogP contribution in [0.25, 0.3) is 0 Å². The van der Waals surface area contributed by atoms with Crippen molar-refractivity contribution in [3.05, 3.63) is 0 Å². The average molecular weight is 229 g/mol. The van der Waals surface area contributed by atoms with Crippen LogP contribution in [0, 0.1) is 5.92 Å². The van der Waals surface area contributed by atoms with Gasteiger partial charge in [0.1, 0.15) is 6.04 Å². The molecule has 4 nitrogen and oxygen atoms in total. The Morgan fingerprint density at radius 1 is 1.47 bits per heavy atom. The van der Waals surface area contributed by atoms with Gasteiger partial charge in [-0.1, -0.05) is 13.8 Å². The molecule has 0 fully saturated rings. The first kappa shape index (κ1) is 14.2. The van der Waals surface area contributed by atoms with E-state index in [0.717, 1.165) is 0 Å². The molecule has 0 saturated heterocycles. The van der Waals surface area contributed by atoms with Gasteiger partial charge in [-0.2, -0.15) is 0 Å². The van der Waals surface area contributed by atoms with Gasteiger partial charge in [0, 0.05) is 6.54 Å². The Morgan fingerprint density at radius 2 is 2.00 bits per heavy atom. The highest BCUT2D eigenvalue weighted by Crippen LogP contribution is 2.15. The van der Waals surface area contributed by atoms with Gasteiger partial charge >= 0.3 is 12.3 Å². The summed E-state index contributed by atoms with van der Waals surface area (Å²) in [5.41, 5.74) is 0. The molecule has 0 bridgehead atoms. The fourth-order valence-electron chi connectivity index (χ4n) is 0.989. The lowest BCUT2D eigenvalue weighted by Gasteiger charge is -2.17. The molecule has 0 aliphatic carbocycles. The Labute approximate surface area is 85.4 Å². The normalized spacial score (nSPS) is 14.3. The Balaban J connectivity index is 3.78. The highest BCUT2D eigenvalue weighted by atomic mass is 19.4. The summed E-state index contributed by atoms with van der Waals surface area (Å²) in [6, 6.07) is -0.859. The van der Waals surface area contributed by atoms with Crippen LogP contribution in [0.4, 0.5) is 13.2 Å². The third-order valence-electron chi connectivity index (χ3n) is 1.66. The first-order valence-electron chi connectivity index (χ1n) is 4.41. The second-order valence-corrected chi connectivity index (χ2v) is 3.31. The summed E-state index contributed by atoms with van der Waals surface area (Å²) in [5, 5.41) is 11.1. The van der Waals surface area contributed by atoms with Gasteiger partial charge in [0.25, 0.3) is 0 Å². The van der Waals surface area contributed by atoms with E-state index in [1.54, 1.807) is 13.8 Å². The van der Waals surface area contributed by atoms with Gasteiger partial charge in [-0.05, 0) is 5.92 Å². The highest BCUT2D eigenvalue weighted by Gasteiger charge is 2.29. The van der Waals surface area contributed by atoms with Crippen molar-refractivity contribution in [2.45, 2.75) is 26.3 Å². The van der Waals surface area contributed by atoms with Gasteiger partial charge in [0.2, 0.25) is 0 Å². The molecular formula is C8H14F3NO3. The molecule has 0 saturated carbocycles. The second kappa shape index (κ2) is 5.92. The largest absolute Gasteiger partial charge is 0.522 e. The van der Waals surface area contributed by atoms with Crippen molar-refractivity contribution < 1.29 is 27.8 Å². The summed E-state index contributed by atoms with van der Waals surface area (Å²) in [6.07, 6.45) is -4.67. The van der Waals surface area contributed by atoms with E-state index in [1.807, 2.05) is 0 Å². The molecule has 0 heterocycles. The van der Waals surface area contributed by atoms with Crippen molar-refractivity contribution in [1.82, 2.24) is 5.32 Å². The predicted molar refractivity (Wildman–Crippen MR) is 46.3 cm³/mol. The molecule has 0 spiro atoms. The van der Waals surface area contributed by atoms with Crippen LogP contribution in [0.3, 0.4) is 0 Å². The molecule has 15 heavy (non-hydrogen) atoms. The average Bonchev–Trinajstić information content (AvgIpc) is 2.00. The summed E-state index contributed by atoms with van der Waals surface area (Å²) in [4.78, 5) is 10.6. The maximum absolute atomic E-state index is 11.5. The molecular weight excluding hydrogens is 215 g/mol. The Kier molecular flexibility index (Phi) is 5.59. The maximum atomic E-state index is 11.5. The Hall–Kier alpha value is -0.820. The third kappa shape index (κ3) is 7.15. The molecule has 0 rings (SSSR count). The lowest BCUT2D eigenvalue weighted by atomic mass is 10.1. The first-order valence-corrected chi connectivity index (χ1v) is 4.41. The number of halogens is 3. The van der Waals surface area contributed by atoms with Gasteiger partial charge in [-0.25, -0.2) is 0 Å². The van der Waals surface area contributed by atoms with Crippen molar-refractivity contribution in [3.8, 4) is 0 Å². The van der Waals surface area contributed by atoms with E-state index in [4.69, 9.17) is 5.11 Å². The quantitative estimate of drug-likeness (QED) is 0.672. The van der Waals surface area contributed by atoms with Crippen LogP contribution in [0.15, 0.2) is 0 Å². The highest BCUT2D eigenvalue weighted by molar-refractivity contribution is 5.73. The molecule has 0 aliphatic rings. The molecule has 1 unspecified atom stereocenters. The molecule has 0 aromatic carbocycles.